The number of carbonyl (C=O) groups is 2. The standard InChI is InChI=1S/C24H28N4O2S/c1-2-3-11-26-12-14-27(15-13-26)23(29)17-6-9-20-21(16-17)31-22-19(5-4-10-25-22)24(30)28(20)18-7-8-18/h4-6,9-10,16,18H,2-3,7-8,11-15H2,1H3. The fourth-order valence-corrected chi connectivity index (χ4v) is 5.38. The fraction of sp³-hybridized carbons (Fsp3) is 0.458. The van der Waals surface area contributed by atoms with Crippen molar-refractivity contribution in [3.05, 3.63) is 47.7 Å². The molecule has 6 nitrogen and oxygen atoms in total. The van der Waals surface area contributed by atoms with Gasteiger partial charge >= 0.3 is 0 Å². The predicted octanol–water partition coefficient (Wildman–Crippen LogP) is 3.91. The van der Waals surface area contributed by atoms with E-state index in [-0.39, 0.29) is 17.9 Å². The maximum Gasteiger partial charge on any atom is 0.261 e. The number of carbonyl (C=O) groups excluding carboxylic acids is 2. The van der Waals surface area contributed by atoms with Gasteiger partial charge in [-0.05, 0) is 56.1 Å². The topological polar surface area (TPSA) is 56.8 Å². The Morgan fingerprint density at radius 3 is 2.71 bits per heavy atom. The molecule has 3 heterocycles. The molecule has 1 saturated heterocycles. The summed E-state index contributed by atoms with van der Waals surface area (Å²) < 4.78 is 0. The lowest BCUT2D eigenvalue weighted by molar-refractivity contribution is 0.0635. The summed E-state index contributed by atoms with van der Waals surface area (Å²) in [5.74, 6) is 0.0902. The van der Waals surface area contributed by atoms with Gasteiger partial charge in [0, 0.05) is 48.9 Å². The molecule has 3 aliphatic rings. The summed E-state index contributed by atoms with van der Waals surface area (Å²) in [6.45, 7) is 6.74. The molecule has 0 N–H and O–H groups in total. The van der Waals surface area contributed by atoms with Gasteiger partial charge in [0.05, 0.1) is 11.3 Å². The third-order valence-electron chi connectivity index (χ3n) is 6.29. The minimum Gasteiger partial charge on any atom is -0.336 e. The van der Waals surface area contributed by atoms with Crippen LogP contribution in [0.2, 0.25) is 0 Å². The largest absolute Gasteiger partial charge is 0.336 e. The van der Waals surface area contributed by atoms with Gasteiger partial charge in [0.1, 0.15) is 5.03 Å². The zero-order chi connectivity index (χ0) is 21.4. The molecule has 1 aliphatic carbocycles. The van der Waals surface area contributed by atoms with Crippen LogP contribution in [-0.2, 0) is 0 Å². The van der Waals surface area contributed by atoms with E-state index >= 15 is 0 Å². The molecule has 2 fully saturated rings. The van der Waals surface area contributed by atoms with Crippen molar-refractivity contribution in [3.63, 3.8) is 0 Å². The first kappa shape index (κ1) is 20.5. The third kappa shape index (κ3) is 4.08. The van der Waals surface area contributed by atoms with Crippen LogP contribution in [0.5, 0.6) is 0 Å². The maximum atomic E-state index is 13.2. The Labute approximate surface area is 187 Å². The van der Waals surface area contributed by atoms with Gasteiger partial charge in [0.2, 0.25) is 0 Å². The van der Waals surface area contributed by atoms with Gasteiger partial charge in [-0.25, -0.2) is 4.98 Å². The first-order chi connectivity index (χ1) is 15.2. The number of rotatable bonds is 5. The third-order valence-corrected chi connectivity index (χ3v) is 7.36. The molecule has 162 valence electrons. The zero-order valence-electron chi connectivity index (χ0n) is 17.9. The second kappa shape index (κ2) is 8.63. The molecular weight excluding hydrogens is 408 g/mol. The van der Waals surface area contributed by atoms with Crippen molar-refractivity contribution in [2.75, 3.05) is 37.6 Å². The number of hydrogen-bond donors (Lipinski definition) is 0. The van der Waals surface area contributed by atoms with Gasteiger partial charge in [0.15, 0.2) is 0 Å². The van der Waals surface area contributed by atoms with Crippen LogP contribution >= 0.6 is 11.8 Å². The smallest absolute Gasteiger partial charge is 0.261 e. The molecule has 0 bridgehead atoms. The van der Waals surface area contributed by atoms with Crippen LogP contribution in [0, 0.1) is 0 Å². The van der Waals surface area contributed by atoms with Gasteiger partial charge in [-0.3, -0.25) is 14.5 Å². The molecule has 2 aliphatic heterocycles. The summed E-state index contributed by atoms with van der Waals surface area (Å²) in [6, 6.07) is 9.71. The molecular formula is C24H28N4O2S. The van der Waals surface area contributed by atoms with Crippen LogP contribution in [0.15, 0.2) is 46.5 Å². The van der Waals surface area contributed by atoms with Gasteiger partial charge < -0.3 is 9.80 Å². The molecule has 0 unspecified atom stereocenters. The Morgan fingerprint density at radius 1 is 1.16 bits per heavy atom. The van der Waals surface area contributed by atoms with Crippen molar-refractivity contribution in [2.45, 2.75) is 48.6 Å². The van der Waals surface area contributed by atoms with E-state index < -0.39 is 0 Å². The summed E-state index contributed by atoms with van der Waals surface area (Å²) in [5, 5.41) is 0.714. The number of amides is 2. The quantitative estimate of drug-likeness (QED) is 0.711. The summed E-state index contributed by atoms with van der Waals surface area (Å²) >= 11 is 1.49. The summed E-state index contributed by atoms with van der Waals surface area (Å²) in [4.78, 5) is 38.2. The Balaban J connectivity index is 1.40. The van der Waals surface area contributed by atoms with Gasteiger partial charge in [0.25, 0.3) is 11.8 Å². The minimum atomic E-state index is 0.0131. The van der Waals surface area contributed by atoms with Crippen LogP contribution in [0.1, 0.15) is 53.3 Å². The Hall–Kier alpha value is -2.38. The molecule has 5 rings (SSSR count). The highest BCUT2D eigenvalue weighted by Gasteiger charge is 2.38. The van der Waals surface area contributed by atoms with E-state index in [1.807, 2.05) is 40.1 Å². The normalized spacial score (nSPS) is 19.1. The number of aromatic nitrogens is 1. The van der Waals surface area contributed by atoms with Crippen LogP contribution in [-0.4, -0.2) is 65.4 Å². The number of benzene rings is 1. The average Bonchev–Trinajstić information content (AvgIpc) is 3.64. The monoisotopic (exact) mass is 436 g/mol. The van der Waals surface area contributed by atoms with Crippen molar-refractivity contribution in [2.24, 2.45) is 0 Å². The van der Waals surface area contributed by atoms with Crippen LogP contribution < -0.4 is 4.90 Å². The first-order valence-corrected chi connectivity index (χ1v) is 12.1. The van der Waals surface area contributed by atoms with E-state index in [9.17, 15) is 9.59 Å². The number of unbranched alkanes of at least 4 members (excludes halogenated alkanes) is 1. The van der Waals surface area contributed by atoms with Crippen molar-refractivity contribution in [1.82, 2.24) is 14.8 Å². The predicted molar refractivity (Wildman–Crippen MR) is 122 cm³/mol. The minimum absolute atomic E-state index is 0.0131. The molecule has 2 aromatic rings. The van der Waals surface area contributed by atoms with Crippen LogP contribution in [0.4, 0.5) is 5.69 Å². The van der Waals surface area contributed by atoms with Crippen molar-refractivity contribution < 1.29 is 9.59 Å². The van der Waals surface area contributed by atoms with Gasteiger partial charge in [-0.15, -0.1) is 0 Å². The Kier molecular flexibility index (Phi) is 5.71. The SMILES string of the molecule is CCCCN1CCN(C(=O)c2ccc3c(c2)Sc2ncccc2C(=O)N3C2CC2)CC1. The zero-order valence-corrected chi connectivity index (χ0v) is 18.7. The second-order valence-corrected chi connectivity index (χ2v) is 9.57. The van der Waals surface area contributed by atoms with Crippen molar-refractivity contribution >= 4 is 29.3 Å². The van der Waals surface area contributed by atoms with Crippen LogP contribution in [0.25, 0.3) is 0 Å². The molecule has 1 aromatic heterocycles. The second-order valence-electron chi connectivity index (χ2n) is 8.53. The van der Waals surface area contributed by atoms with Crippen molar-refractivity contribution in [1.29, 1.82) is 0 Å². The van der Waals surface area contributed by atoms with Crippen LogP contribution in [0.3, 0.4) is 0 Å². The van der Waals surface area contributed by atoms with E-state index in [0.29, 0.717) is 16.2 Å². The van der Waals surface area contributed by atoms with E-state index in [2.05, 4.69) is 16.8 Å². The molecule has 1 saturated carbocycles. The number of fused-ring (bicyclic) bond motifs is 2. The number of hydrogen-bond acceptors (Lipinski definition) is 5. The molecule has 0 spiro atoms. The Morgan fingerprint density at radius 2 is 1.97 bits per heavy atom. The molecule has 7 heteroatoms. The molecule has 2 amide bonds. The van der Waals surface area contributed by atoms with E-state index in [1.165, 1.54) is 24.6 Å². The summed E-state index contributed by atoms with van der Waals surface area (Å²) in [5.41, 5.74) is 2.24. The molecule has 31 heavy (non-hydrogen) atoms. The van der Waals surface area contributed by atoms with E-state index in [1.54, 1.807) is 6.20 Å². The lowest BCUT2D eigenvalue weighted by Crippen LogP contribution is -2.48. The maximum absolute atomic E-state index is 13.2. The van der Waals surface area contributed by atoms with Crippen molar-refractivity contribution in [3.8, 4) is 0 Å². The van der Waals surface area contributed by atoms with Gasteiger partial charge in [-0.2, -0.15) is 0 Å². The number of pyridine rings is 1. The summed E-state index contributed by atoms with van der Waals surface area (Å²) in [6.07, 6.45) is 6.17. The highest BCUT2D eigenvalue weighted by atomic mass is 32.2. The highest BCUT2D eigenvalue weighted by Crippen LogP contribution is 2.44. The number of nitrogens with zero attached hydrogens (tertiary/aromatic N) is 4. The highest BCUT2D eigenvalue weighted by molar-refractivity contribution is 7.99. The molecule has 1 aromatic carbocycles. The molecule has 0 radical (unpaired) electrons. The van der Waals surface area contributed by atoms with Gasteiger partial charge in [-0.1, -0.05) is 25.1 Å². The number of piperazine rings is 1. The fourth-order valence-electron chi connectivity index (χ4n) is 4.34. The van der Waals surface area contributed by atoms with E-state index in [0.717, 1.165) is 56.1 Å². The first-order valence-electron chi connectivity index (χ1n) is 11.3. The van der Waals surface area contributed by atoms with E-state index in [4.69, 9.17) is 0 Å². The Bertz CT molecular complexity index is 999. The lowest BCUT2D eigenvalue weighted by atomic mass is 10.1. The number of anilines is 1. The summed E-state index contributed by atoms with van der Waals surface area (Å²) in [7, 11) is 0. The average molecular weight is 437 g/mol. The lowest BCUT2D eigenvalue weighted by Gasteiger charge is -2.35. The molecule has 0 atom stereocenters.